The van der Waals surface area contributed by atoms with E-state index in [1.807, 2.05) is 79.7 Å². The zero-order valence-electron chi connectivity index (χ0n) is 25.8. The molecule has 0 amide bonds. The van der Waals surface area contributed by atoms with Crippen molar-refractivity contribution in [2.24, 2.45) is 0 Å². The molecule has 0 aliphatic heterocycles. The van der Waals surface area contributed by atoms with Gasteiger partial charge in [0.15, 0.2) is 0 Å². The minimum absolute atomic E-state index is 0. The standard InChI is InChI=1S/C23H32BrN2O.2C7H7.Hf/c1-15(2)19-7-6-8-20(16(3)4)22(19)26-12-11-25-10-9-18-13-17(5)14-21(24)23(18)27;2*1-7-5-3-2-4-6-7;/h6-8,13-16,25,27H,9-12H2,1-5H3;2*2-6H,1H2;/q3*-1;+4. The van der Waals surface area contributed by atoms with E-state index in [0.717, 1.165) is 52.8 Å². The van der Waals surface area contributed by atoms with Crippen molar-refractivity contribution in [3.63, 3.8) is 0 Å². The molecule has 0 fully saturated rings. The van der Waals surface area contributed by atoms with Gasteiger partial charge >= 0.3 is 25.8 Å². The number of hydrogen-bond donors (Lipinski definition) is 2. The molecule has 0 saturated carbocycles. The molecule has 0 heterocycles. The van der Waals surface area contributed by atoms with Crippen LogP contribution in [0.2, 0.25) is 0 Å². The van der Waals surface area contributed by atoms with Crippen LogP contribution in [0.15, 0.2) is 95.5 Å². The van der Waals surface area contributed by atoms with Crippen molar-refractivity contribution in [2.45, 2.75) is 52.9 Å². The second kappa shape index (κ2) is 20.4. The van der Waals surface area contributed by atoms with E-state index in [1.165, 1.54) is 16.8 Å². The first kappa shape index (κ1) is 37.6. The van der Waals surface area contributed by atoms with Gasteiger partial charge in [-0.15, -0.1) is 36.5 Å². The number of para-hydroxylation sites is 1. The third-order valence-electron chi connectivity index (χ3n) is 6.44. The SMILES string of the molecule is Cc1cc(Br)c(O)c(CCNCC[N-]c2c(C(C)C)cccc2C(C)C)c1.[CH2-]c1ccccc1.[CH2-]c1ccccc1.[Hf+4]. The fraction of sp³-hybridized carbons (Fsp3) is 0.297. The summed E-state index contributed by atoms with van der Waals surface area (Å²) in [5, 5.41) is 18.5. The first-order chi connectivity index (χ1) is 19.6. The van der Waals surface area contributed by atoms with Gasteiger partial charge in [-0.2, -0.15) is 49.2 Å². The molecule has 0 aliphatic rings. The van der Waals surface area contributed by atoms with Gasteiger partial charge in [-0.3, -0.25) is 0 Å². The van der Waals surface area contributed by atoms with Crippen LogP contribution in [-0.2, 0) is 32.3 Å². The smallest absolute Gasteiger partial charge is 0.683 e. The molecule has 0 spiro atoms. The summed E-state index contributed by atoms with van der Waals surface area (Å²) in [6.07, 6.45) is 0.798. The Kier molecular flexibility index (Phi) is 18.3. The van der Waals surface area contributed by atoms with Crippen LogP contribution >= 0.6 is 15.9 Å². The predicted octanol–water partition coefficient (Wildman–Crippen LogP) is 10.3. The molecule has 4 aromatic carbocycles. The summed E-state index contributed by atoms with van der Waals surface area (Å²) in [4.78, 5) is 0. The second-order valence-corrected chi connectivity index (χ2v) is 11.6. The number of hydrogen-bond acceptors (Lipinski definition) is 2. The van der Waals surface area contributed by atoms with Crippen LogP contribution in [0.5, 0.6) is 5.75 Å². The predicted molar refractivity (Wildman–Crippen MR) is 181 cm³/mol. The minimum atomic E-state index is 0. The van der Waals surface area contributed by atoms with Crippen molar-refractivity contribution >= 4 is 21.6 Å². The number of nitrogens with one attached hydrogen (secondary N) is 1. The Bertz CT molecular complexity index is 1230. The maximum Gasteiger partial charge on any atom is 4.00 e. The number of rotatable bonds is 9. The maximum atomic E-state index is 10.1. The van der Waals surface area contributed by atoms with Crippen LogP contribution < -0.4 is 5.32 Å². The van der Waals surface area contributed by atoms with E-state index in [1.54, 1.807) is 0 Å². The molecule has 3 nitrogen and oxygen atoms in total. The summed E-state index contributed by atoms with van der Waals surface area (Å²) in [6, 6.07) is 30.3. The van der Waals surface area contributed by atoms with E-state index < -0.39 is 0 Å². The first-order valence-corrected chi connectivity index (χ1v) is 15.1. The average molecular weight is 793 g/mol. The van der Waals surface area contributed by atoms with Gasteiger partial charge in [-0.05, 0) is 71.4 Å². The number of aromatic hydroxyl groups is 1. The molecular formula is C37H46BrHfN2O+. The molecule has 0 aromatic heterocycles. The number of nitrogens with zero attached hydrogens (tertiary/aromatic N) is 1. The topological polar surface area (TPSA) is 46.4 Å². The van der Waals surface area contributed by atoms with Crippen LogP contribution in [0.3, 0.4) is 0 Å². The molecule has 0 aliphatic carbocycles. The summed E-state index contributed by atoms with van der Waals surface area (Å²) in [6.45, 7) is 20.8. The monoisotopic (exact) mass is 793 g/mol. The Balaban J connectivity index is 0.000000476. The van der Waals surface area contributed by atoms with E-state index in [0.29, 0.717) is 17.6 Å². The molecule has 0 atom stereocenters. The van der Waals surface area contributed by atoms with Crippen molar-refractivity contribution in [3.05, 3.63) is 148 Å². The third-order valence-corrected chi connectivity index (χ3v) is 7.05. The third kappa shape index (κ3) is 13.7. The molecule has 0 unspecified atom stereocenters. The molecule has 42 heavy (non-hydrogen) atoms. The van der Waals surface area contributed by atoms with Gasteiger partial charge in [0.1, 0.15) is 5.75 Å². The molecule has 0 bridgehead atoms. The number of halogens is 1. The molecular weight excluding hydrogens is 747 g/mol. The Labute approximate surface area is 282 Å². The molecule has 4 rings (SSSR count). The molecule has 2 N–H and O–H groups in total. The van der Waals surface area contributed by atoms with Crippen LogP contribution in [0, 0.1) is 20.8 Å². The fourth-order valence-electron chi connectivity index (χ4n) is 4.24. The normalized spacial score (nSPS) is 10.2. The van der Waals surface area contributed by atoms with Gasteiger partial charge in [0, 0.05) is 0 Å². The van der Waals surface area contributed by atoms with E-state index >= 15 is 0 Å². The largest absolute Gasteiger partial charge is 4.00 e. The first-order valence-electron chi connectivity index (χ1n) is 14.3. The summed E-state index contributed by atoms with van der Waals surface area (Å²) in [7, 11) is 0. The van der Waals surface area contributed by atoms with Gasteiger partial charge in [-0.25, -0.2) is 0 Å². The fourth-order valence-corrected chi connectivity index (χ4v) is 4.86. The van der Waals surface area contributed by atoms with E-state index in [4.69, 9.17) is 5.32 Å². The Morgan fingerprint density at radius 1 is 0.762 bits per heavy atom. The van der Waals surface area contributed by atoms with Gasteiger partial charge in [0.05, 0.1) is 4.47 Å². The van der Waals surface area contributed by atoms with E-state index in [-0.39, 0.29) is 25.8 Å². The summed E-state index contributed by atoms with van der Waals surface area (Å²) in [5.74, 6) is 1.29. The minimum Gasteiger partial charge on any atom is -0.683 e. The summed E-state index contributed by atoms with van der Waals surface area (Å²) >= 11 is 3.41. The van der Waals surface area contributed by atoms with Crippen LogP contribution in [0.4, 0.5) is 5.69 Å². The Hall–Kier alpha value is -2.47. The van der Waals surface area contributed by atoms with Crippen molar-refractivity contribution in [1.82, 2.24) is 5.32 Å². The van der Waals surface area contributed by atoms with E-state index in [2.05, 4.69) is 81.0 Å². The van der Waals surface area contributed by atoms with Crippen LogP contribution in [0.1, 0.15) is 72.9 Å². The van der Waals surface area contributed by atoms with Crippen molar-refractivity contribution < 1.29 is 30.9 Å². The number of benzene rings is 4. The Morgan fingerprint density at radius 3 is 1.69 bits per heavy atom. The van der Waals surface area contributed by atoms with Crippen molar-refractivity contribution in [2.75, 3.05) is 19.6 Å². The van der Waals surface area contributed by atoms with Crippen LogP contribution in [0.25, 0.3) is 5.32 Å². The molecule has 0 radical (unpaired) electrons. The molecule has 0 saturated heterocycles. The second-order valence-electron chi connectivity index (χ2n) is 10.7. The molecule has 4 aromatic rings. The van der Waals surface area contributed by atoms with Crippen molar-refractivity contribution in [3.8, 4) is 5.75 Å². The van der Waals surface area contributed by atoms with Gasteiger partial charge in [-0.1, -0.05) is 75.2 Å². The van der Waals surface area contributed by atoms with Crippen molar-refractivity contribution in [1.29, 1.82) is 0 Å². The van der Waals surface area contributed by atoms with E-state index in [9.17, 15) is 5.11 Å². The number of aryl methyl sites for hydroxylation is 1. The maximum absolute atomic E-state index is 10.1. The van der Waals surface area contributed by atoms with Crippen LogP contribution in [-0.4, -0.2) is 24.7 Å². The average Bonchev–Trinajstić information content (AvgIpc) is 2.94. The number of phenols is 1. The quantitative estimate of drug-likeness (QED) is 0.101. The molecule has 220 valence electrons. The zero-order valence-corrected chi connectivity index (χ0v) is 31.0. The van der Waals surface area contributed by atoms with Gasteiger partial charge < -0.3 is 15.7 Å². The van der Waals surface area contributed by atoms with Gasteiger partial charge in [0.25, 0.3) is 0 Å². The summed E-state index contributed by atoms with van der Waals surface area (Å²) in [5.41, 5.74) is 8.09. The summed E-state index contributed by atoms with van der Waals surface area (Å²) < 4.78 is 0.763. The van der Waals surface area contributed by atoms with Gasteiger partial charge in [0.2, 0.25) is 0 Å². The Morgan fingerprint density at radius 2 is 1.26 bits per heavy atom. The number of phenolic OH excluding ortho intramolecular Hbond substituents is 1. The molecule has 5 heteroatoms. The zero-order chi connectivity index (χ0) is 30.2.